The normalized spacial score (nSPS) is 12.2. The van der Waals surface area contributed by atoms with E-state index in [2.05, 4.69) is 32.6 Å². The number of fused-ring (bicyclic) bond motifs is 1. The van der Waals surface area contributed by atoms with E-state index in [1.807, 2.05) is 36.6 Å². The lowest BCUT2D eigenvalue weighted by Gasteiger charge is -2.02. The smallest absolute Gasteiger partial charge is 0.300 e. The van der Waals surface area contributed by atoms with E-state index >= 15 is 0 Å². The van der Waals surface area contributed by atoms with Crippen molar-refractivity contribution in [1.82, 2.24) is 14.3 Å². The summed E-state index contributed by atoms with van der Waals surface area (Å²) in [4.78, 5) is 17.4. The molecule has 0 aliphatic rings. The Balaban J connectivity index is 2.09. The number of thiazole rings is 1. The third kappa shape index (κ3) is 3.27. The van der Waals surface area contributed by atoms with Crippen LogP contribution in [-0.2, 0) is 6.54 Å². The lowest BCUT2D eigenvalue weighted by molar-refractivity contribution is 0.0992. The van der Waals surface area contributed by atoms with Crippen molar-refractivity contribution in [3.8, 4) is 0 Å². The highest BCUT2D eigenvalue weighted by atomic mass is 79.9. The molecule has 3 rings (SSSR count). The third-order valence-electron chi connectivity index (χ3n) is 3.51. The van der Waals surface area contributed by atoms with Crippen molar-refractivity contribution in [2.45, 2.75) is 26.4 Å². The number of nitrogens with zero attached hydrogens (tertiary/aromatic N) is 4. The molecule has 0 atom stereocenters. The molecule has 3 aromatic rings. The van der Waals surface area contributed by atoms with Crippen molar-refractivity contribution in [1.29, 1.82) is 0 Å². The van der Waals surface area contributed by atoms with Crippen LogP contribution in [0.25, 0.3) is 10.2 Å². The standard InChI is InChI=1S/C17H17BrN4OS/c1-4-8-21-14-6-5-12(18)10-15(14)24-17(21)19-16(23)13-7-9-22(20-13)11(2)3/h4-7,9-11H,1,8H2,2-3H3. The monoisotopic (exact) mass is 404 g/mol. The molecule has 0 aliphatic carbocycles. The molecule has 5 nitrogen and oxygen atoms in total. The van der Waals surface area contributed by atoms with E-state index in [9.17, 15) is 4.79 Å². The molecule has 2 heterocycles. The van der Waals surface area contributed by atoms with Crippen LogP contribution in [0, 0.1) is 0 Å². The minimum absolute atomic E-state index is 0.207. The van der Waals surface area contributed by atoms with Crippen molar-refractivity contribution >= 4 is 43.4 Å². The predicted octanol–water partition coefficient (Wildman–Crippen LogP) is 4.17. The van der Waals surface area contributed by atoms with Crippen LogP contribution in [0.4, 0.5) is 0 Å². The Kier molecular flexibility index (Phi) is 4.82. The molecule has 0 aliphatic heterocycles. The number of benzene rings is 1. The van der Waals surface area contributed by atoms with Gasteiger partial charge in [0.15, 0.2) is 10.5 Å². The van der Waals surface area contributed by atoms with Gasteiger partial charge in [-0.2, -0.15) is 10.1 Å². The zero-order valence-corrected chi connectivity index (χ0v) is 15.8. The van der Waals surface area contributed by atoms with Crippen molar-refractivity contribution in [3.63, 3.8) is 0 Å². The summed E-state index contributed by atoms with van der Waals surface area (Å²) < 4.78 is 5.79. The molecule has 0 radical (unpaired) electrons. The quantitative estimate of drug-likeness (QED) is 0.612. The Bertz CT molecular complexity index is 980. The number of amides is 1. The first-order chi connectivity index (χ1) is 11.5. The number of carbonyl (C=O) groups excluding carboxylic acids is 1. The maximum Gasteiger partial charge on any atom is 0.300 e. The molecule has 0 fully saturated rings. The fraction of sp³-hybridized carbons (Fsp3) is 0.235. The Morgan fingerprint density at radius 3 is 2.92 bits per heavy atom. The van der Waals surface area contributed by atoms with Crippen molar-refractivity contribution in [2.24, 2.45) is 4.99 Å². The summed E-state index contributed by atoms with van der Waals surface area (Å²) in [6.07, 6.45) is 3.60. The summed E-state index contributed by atoms with van der Waals surface area (Å²) in [5.41, 5.74) is 1.38. The molecule has 0 spiro atoms. The van der Waals surface area contributed by atoms with Gasteiger partial charge in [0.05, 0.1) is 10.2 Å². The van der Waals surface area contributed by atoms with E-state index in [4.69, 9.17) is 0 Å². The summed E-state index contributed by atoms with van der Waals surface area (Å²) in [5, 5.41) is 4.29. The summed E-state index contributed by atoms with van der Waals surface area (Å²) >= 11 is 4.95. The number of aromatic nitrogens is 3. The Hall–Kier alpha value is -1.99. The second-order valence-electron chi connectivity index (χ2n) is 5.59. The molecule has 0 N–H and O–H groups in total. The maximum atomic E-state index is 12.5. The van der Waals surface area contributed by atoms with Gasteiger partial charge < -0.3 is 4.57 Å². The van der Waals surface area contributed by atoms with Crippen molar-refractivity contribution < 1.29 is 4.79 Å². The van der Waals surface area contributed by atoms with E-state index in [-0.39, 0.29) is 11.9 Å². The van der Waals surface area contributed by atoms with E-state index in [0.29, 0.717) is 17.0 Å². The van der Waals surface area contributed by atoms with Gasteiger partial charge in [0.1, 0.15) is 0 Å². The van der Waals surface area contributed by atoms with Gasteiger partial charge in [-0.15, -0.1) is 6.58 Å². The van der Waals surface area contributed by atoms with Crippen LogP contribution in [0.2, 0.25) is 0 Å². The zero-order chi connectivity index (χ0) is 17.3. The lowest BCUT2D eigenvalue weighted by atomic mass is 10.3. The van der Waals surface area contributed by atoms with Crippen LogP contribution in [-0.4, -0.2) is 20.3 Å². The van der Waals surface area contributed by atoms with Crippen LogP contribution in [0.1, 0.15) is 30.4 Å². The van der Waals surface area contributed by atoms with Crippen LogP contribution >= 0.6 is 27.3 Å². The van der Waals surface area contributed by atoms with Crippen LogP contribution < -0.4 is 4.80 Å². The molecular formula is C17H17BrN4OS. The second-order valence-corrected chi connectivity index (χ2v) is 7.51. The molecule has 7 heteroatoms. The van der Waals surface area contributed by atoms with Gasteiger partial charge in [-0.1, -0.05) is 33.3 Å². The topological polar surface area (TPSA) is 52.2 Å². The molecular weight excluding hydrogens is 388 g/mol. The lowest BCUT2D eigenvalue weighted by Crippen LogP contribution is -2.16. The highest BCUT2D eigenvalue weighted by molar-refractivity contribution is 9.10. The molecule has 0 saturated heterocycles. The van der Waals surface area contributed by atoms with E-state index < -0.39 is 0 Å². The number of carbonyl (C=O) groups is 1. The number of rotatable bonds is 4. The maximum absolute atomic E-state index is 12.5. The molecule has 0 unspecified atom stereocenters. The number of hydrogen-bond acceptors (Lipinski definition) is 3. The largest absolute Gasteiger partial charge is 0.312 e. The third-order valence-corrected chi connectivity index (χ3v) is 5.04. The summed E-state index contributed by atoms with van der Waals surface area (Å²) in [6, 6.07) is 7.92. The SMILES string of the molecule is C=CCn1c(=NC(=O)c2ccn(C(C)C)n2)sc2cc(Br)ccc21. The fourth-order valence-electron chi connectivity index (χ4n) is 2.32. The first kappa shape index (κ1) is 16.9. The van der Waals surface area contributed by atoms with Gasteiger partial charge >= 0.3 is 0 Å². The highest BCUT2D eigenvalue weighted by Gasteiger charge is 2.12. The van der Waals surface area contributed by atoms with Crippen molar-refractivity contribution in [3.05, 3.63) is 58.1 Å². The average Bonchev–Trinajstić information content (AvgIpc) is 3.13. The number of hydrogen-bond donors (Lipinski definition) is 0. The Morgan fingerprint density at radius 1 is 1.46 bits per heavy atom. The minimum atomic E-state index is -0.335. The summed E-state index contributed by atoms with van der Waals surface area (Å²) in [5.74, 6) is -0.335. The summed E-state index contributed by atoms with van der Waals surface area (Å²) in [6.45, 7) is 8.41. The van der Waals surface area contributed by atoms with E-state index in [1.165, 1.54) is 11.3 Å². The van der Waals surface area contributed by atoms with Gasteiger partial charge in [0.25, 0.3) is 5.91 Å². The van der Waals surface area contributed by atoms with Crippen LogP contribution in [0.5, 0.6) is 0 Å². The first-order valence-electron chi connectivity index (χ1n) is 7.53. The Morgan fingerprint density at radius 2 is 2.25 bits per heavy atom. The predicted molar refractivity (Wildman–Crippen MR) is 100 cm³/mol. The van der Waals surface area contributed by atoms with Gasteiger partial charge in [-0.25, -0.2) is 0 Å². The first-order valence-corrected chi connectivity index (χ1v) is 9.14. The molecule has 1 amide bonds. The molecule has 0 saturated carbocycles. The van der Waals surface area contributed by atoms with Gasteiger partial charge in [0, 0.05) is 23.3 Å². The molecule has 0 bridgehead atoms. The highest BCUT2D eigenvalue weighted by Crippen LogP contribution is 2.22. The fourth-order valence-corrected chi connectivity index (χ4v) is 3.91. The number of allylic oxidation sites excluding steroid dienone is 1. The van der Waals surface area contributed by atoms with Gasteiger partial charge in [-0.05, 0) is 38.1 Å². The minimum Gasteiger partial charge on any atom is -0.312 e. The van der Waals surface area contributed by atoms with Crippen LogP contribution in [0.3, 0.4) is 0 Å². The molecule has 124 valence electrons. The average molecular weight is 405 g/mol. The van der Waals surface area contributed by atoms with Gasteiger partial charge in [-0.3, -0.25) is 9.48 Å². The van der Waals surface area contributed by atoms with E-state index in [0.717, 1.165) is 14.7 Å². The molecule has 2 aromatic heterocycles. The summed E-state index contributed by atoms with van der Waals surface area (Å²) in [7, 11) is 0. The zero-order valence-electron chi connectivity index (χ0n) is 13.4. The van der Waals surface area contributed by atoms with Gasteiger partial charge in [0.2, 0.25) is 0 Å². The Labute approximate surface area is 152 Å². The van der Waals surface area contributed by atoms with Crippen molar-refractivity contribution in [2.75, 3.05) is 0 Å². The molecule has 24 heavy (non-hydrogen) atoms. The molecule has 1 aromatic carbocycles. The number of halogens is 1. The van der Waals surface area contributed by atoms with E-state index in [1.54, 1.807) is 23.0 Å². The second kappa shape index (κ2) is 6.86. The van der Waals surface area contributed by atoms with Crippen LogP contribution in [0.15, 0.2) is 52.6 Å².